The largest absolute Gasteiger partial charge is 0.380 e. The summed E-state index contributed by atoms with van der Waals surface area (Å²) < 4.78 is 5.35. The molecule has 2 aromatic rings. The molecule has 0 radical (unpaired) electrons. The molecule has 0 bridgehead atoms. The maximum absolute atomic E-state index is 5.35. The van der Waals surface area contributed by atoms with Crippen molar-refractivity contribution in [1.29, 1.82) is 0 Å². The topological polar surface area (TPSA) is 12.5 Å². The second-order valence-electron chi connectivity index (χ2n) is 7.32. The third kappa shape index (κ3) is 5.69. The first-order chi connectivity index (χ1) is 12.0. The summed E-state index contributed by atoms with van der Waals surface area (Å²) in [6, 6.07) is 18.7. The van der Waals surface area contributed by atoms with Gasteiger partial charge in [-0.2, -0.15) is 0 Å². The Kier molecular flexibility index (Phi) is 7.67. The van der Waals surface area contributed by atoms with E-state index in [2.05, 4.69) is 81.1 Å². The van der Waals surface area contributed by atoms with Gasteiger partial charge in [-0.25, -0.2) is 0 Å². The Balaban J connectivity index is 2.07. The minimum atomic E-state index is 0.604. The van der Waals surface area contributed by atoms with E-state index in [9.17, 15) is 0 Å². The van der Waals surface area contributed by atoms with Crippen molar-refractivity contribution in [3.05, 3.63) is 59.7 Å². The highest BCUT2D eigenvalue weighted by Crippen LogP contribution is 2.25. The molecular formula is C23H33NO. The maximum Gasteiger partial charge on any atom is 0.0719 e. The fraction of sp³-hybridized carbons (Fsp3) is 0.478. The zero-order valence-corrected chi connectivity index (χ0v) is 16.5. The van der Waals surface area contributed by atoms with Gasteiger partial charge in [0.15, 0.2) is 0 Å². The van der Waals surface area contributed by atoms with Crippen LogP contribution in [0.3, 0.4) is 0 Å². The molecule has 0 atom stereocenters. The Labute approximate surface area is 153 Å². The number of aryl methyl sites for hydroxylation is 1. The van der Waals surface area contributed by atoms with Crippen molar-refractivity contribution in [1.82, 2.24) is 4.90 Å². The lowest BCUT2D eigenvalue weighted by Crippen LogP contribution is -2.37. The van der Waals surface area contributed by atoms with Gasteiger partial charge in [-0.05, 0) is 69.3 Å². The second kappa shape index (κ2) is 9.74. The zero-order chi connectivity index (χ0) is 18.2. The van der Waals surface area contributed by atoms with Crippen molar-refractivity contribution >= 4 is 0 Å². The molecule has 0 saturated carbocycles. The van der Waals surface area contributed by atoms with E-state index in [0.29, 0.717) is 18.7 Å². The standard InChI is InChI=1S/C23H33NO/c1-18(2)24(19(3)4)15-9-11-20-10-8-13-21(16-20)23-14-7-6-12-22(23)17-25-5/h6-8,10,12-14,16,18-19H,9,11,15,17H2,1-5H3. The number of nitrogens with zero attached hydrogens (tertiary/aromatic N) is 1. The van der Waals surface area contributed by atoms with Gasteiger partial charge in [0.05, 0.1) is 6.61 Å². The average molecular weight is 340 g/mol. The predicted octanol–water partition coefficient (Wildman–Crippen LogP) is 5.55. The van der Waals surface area contributed by atoms with Crippen LogP contribution in [0.25, 0.3) is 11.1 Å². The van der Waals surface area contributed by atoms with E-state index in [1.807, 2.05) is 0 Å². The lowest BCUT2D eigenvalue weighted by molar-refractivity contribution is 0.173. The van der Waals surface area contributed by atoms with Crippen LogP contribution in [0.5, 0.6) is 0 Å². The number of benzene rings is 2. The van der Waals surface area contributed by atoms with E-state index in [1.54, 1.807) is 7.11 Å². The molecule has 0 aliphatic rings. The van der Waals surface area contributed by atoms with Gasteiger partial charge in [0.1, 0.15) is 0 Å². The Morgan fingerprint density at radius 3 is 2.32 bits per heavy atom. The van der Waals surface area contributed by atoms with E-state index in [4.69, 9.17) is 4.74 Å². The fourth-order valence-electron chi connectivity index (χ4n) is 3.56. The van der Waals surface area contributed by atoms with Gasteiger partial charge in [-0.1, -0.05) is 48.5 Å². The molecule has 0 amide bonds. The van der Waals surface area contributed by atoms with Crippen LogP contribution in [0, 0.1) is 0 Å². The number of hydrogen-bond acceptors (Lipinski definition) is 2. The average Bonchev–Trinajstić information content (AvgIpc) is 2.59. The van der Waals surface area contributed by atoms with Crippen molar-refractivity contribution in [2.45, 2.75) is 59.2 Å². The van der Waals surface area contributed by atoms with Crippen molar-refractivity contribution in [3.63, 3.8) is 0 Å². The van der Waals surface area contributed by atoms with Crippen molar-refractivity contribution < 1.29 is 4.74 Å². The second-order valence-corrected chi connectivity index (χ2v) is 7.32. The summed E-state index contributed by atoms with van der Waals surface area (Å²) in [7, 11) is 1.75. The zero-order valence-electron chi connectivity index (χ0n) is 16.5. The summed E-state index contributed by atoms with van der Waals surface area (Å²) >= 11 is 0. The van der Waals surface area contributed by atoms with Crippen LogP contribution < -0.4 is 0 Å². The molecule has 0 unspecified atom stereocenters. The highest BCUT2D eigenvalue weighted by Gasteiger charge is 2.12. The Morgan fingerprint density at radius 1 is 0.920 bits per heavy atom. The van der Waals surface area contributed by atoms with E-state index < -0.39 is 0 Å². The molecule has 0 aliphatic heterocycles. The maximum atomic E-state index is 5.35. The van der Waals surface area contributed by atoms with Gasteiger partial charge in [0.25, 0.3) is 0 Å². The summed E-state index contributed by atoms with van der Waals surface area (Å²) in [6.45, 7) is 10.9. The lowest BCUT2D eigenvalue weighted by atomic mass is 9.97. The molecule has 0 N–H and O–H groups in total. The normalized spacial score (nSPS) is 11.7. The first-order valence-electron chi connectivity index (χ1n) is 9.44. The minimum Gasteiger partial charge on any atom is -0.380 e. The van der Waals surface area contributed by atoms with Crippen molar-refractivity contribution in [3.8, 4) is 11.1 Å². The summed E-state index contributed by atoms with van der Waals surface area (Å²) in [4.78, 5) is 2.57. The molecule has 0 aliphatic carbocycles. The van der Waals surface area contributed by atoms with E-state index in [0.717, 1.165) is 13.0 Å². The molecule has 0 heterocycles. The molecule has 0 saturated heterocycles. The van der Waals surface area contributed by atoms with Crippen LogP contribution in [-0.2, 0) is 17.8 Å². The highest BCUT2D eigenvalue weighted by molar-refractivity contribution is 5.67. The first-order valence-corrected chi connectivity index (χ1v) is 9.44. The van der Waals surface area contributed by atoms with Crippen molar-refractivity contribution in [2.75, 3.05) is 13.7 Å². The molecule has 0 aromatic heterocycles. The number of hydrogen-bond donors (Lipinski definition) is 0. The Bertz CT molecular complexity index is 640. The molecule has 0 fully saturated rings. The molecule has 0 spiro atoms. The third-order valence-electron chi connectivity index (χ3n) is 4.76. The van der Waals surface area contributed by atoms with Gasteiger partial charge in [0, 0.05) is 19.2 Å². The molecule has 2 nitrogen and oxygen atoms in total. The minimum absolute atomic E-state index is 0.604. The van der Waals surface area contributed by atoms with E-state index in [-0.39, 0.29) is 0 Å². The van der Waals surface area contributed by atoms with E-state index >= 15 is 0 Å². The summed E-state index contributed by atoms with van der Waals surface area (Å²) in [5, 5.41) is 0. The van der Waals surface area contributed by atoms with Gasteiger partial charge in [-0.15, -0.1) is 0 Å². The summed E-state index contributed by atoms with van der Waals surface area (Å²) in [5.74, 6) is 0. The molecule has 136 valence electrons. The lowest BCUT2D eigenvalue weighted by Gasteiger charge is -2.30. The van der Waals surface area contributed by atoms with E-state index in [1.165, 1.54) is 28.7 Å². The molecule has 2 rings (SSSR count). The molecular weight excluding hydrogens is 306 g/mol. The first kappa shape index (κ1) is 19.7. The van der Waals surface area contributed by atoms with Gasteiger partial charge in [0.2, 0.25) is 0 Å². The van der Waals surface area contributed by atoms with Crippen LogP contribution in [0.4, 0.5) is 0 Å². The Hall–Kier alpha value is -1.64. The monoisotopic (exact) mass is 339 g/mol. The smallest absolute Gasteiger partial charge is 0.0719 e. The Morgan fingerprint density at radius 2 is 1.64 bits per heavy atom. The molecule has 2 aromatic carbocycles. The number of ether oxygens (including phenoxy) is 1. The van der Waals surface area contributed by atoms with Gasteiger partial charge >= 0.3 is 0 Å². The quantitative estimate of drug-likeness (QED) is 0.594. The SMILES string of the molecule is COCc1ccccc1-c1cccc(CCCN(C(C)C)C(C)C)c1. The van der Waals surface area contributed by atoms with Crippen LogP contribution in [0.2, 0.25) is 0 Å². The molecule has 25 heavy (non-hydrogen) atoms. The predicted molar refractivity (Wildman–Crippen MR) is 108 cm³/mol. The van der Waals surface area contributed by atoms with Crippen molar-refractivity contribution in [2.24, 2.45) is 0 Å². The van der Waals surface area contributed by atoms with Crippen LogP contribution in [-0.4, -0.2) is 30.6 Å². The van der Waals surface area contributed by atoms with Gasteiger partial charge in [-0.3, -0.25) is 4.90 Å². The number of methoxy groups -OCH3 is 1. The number of rotatable bonds is 9. The van der Waals surface area contributed by atoms with Crippen LogP contribution >= 0.6 is 0 Å². The third-order valence-corrected chi connectivity index (χ3v) is 4.76. The summed E-state index contributed by atoms with van der Waals surface area (Å²) in [6.07, 6.45) is 2.32. The van der Waals surface area contributed by atoms with Gasteiger partial charge < -0.3 is 4.74 Å². The fourth-order valence-corrected chi connectivity index (χ4v) is 3.56. The highest BCUT2D eigenvalue weighted by atomic mass is 16.5. The van der Waals surface area contributed by atoms with Crippen LogP contribution in [0.1, 0.15) is 45.2 Å². The van der Waals surface area contributed by atoms with Crippen LogP contribution in [0.15, 0.2) is 48.5 Å². The summed E-state index contributed by atoms with van der Waals surface area (Å²) in [5.41, 5.74) is 5.22. The molecule has 2 heteroatoms.